The van der Waals surface area contributed by atoms with Crippen molar-refractivity contribution in [3.05, 3.63) is 41.6 Å². The number of aryl methyl sites for hydroxylation is 2. The lowest BCUT2D eigenvalue weighted by Gasteiger charge is -2.14. The van der Waals surface area contributed by atoms with Gasteiger partial charge in [-0.15, -0.1) is 0 Å². The Hall–Kier alpha value is -3.26. The number of pyridine rings is 2. The standard InChI is InChI=1S/C19H24N8O4S/c1-11-13(8-23-32(28)29)6-14(9-21-11)26-17-16(18-24-12(2)25-19(20)27-18)7-15(10-22-17)31-5-4-30-3/h6-7,9-10,23H,4-5,8H2,1-3H3,(H,22,26)(H,28,29)(H2,20,24,25,27). The molecule has 12 nitrogen and oxygen atoms in total. The van der Waals surface area contributed by atoms with Gasteiger partial charge in [-0.25, -0.2) is 18.9 Å². The van der Waals surface area contributed by atoms with Crippen LogP contribution >= 0.6 is 0 Å². The van der Waals surface area contributed by atoms with Gasteiger partial charge in [0.25, 0.3) is 0 Å². The zero-order valence-electron chi connectivity index (χ0n) is 17.8. The minimum atomic E-state index is -2.13. The van der Waals surface area contributed by atoms with E-state index in [0.29, 0.717) is 47.7 Å². The van der Waals surface area contributed by atoms with Crippen LogP contribution in [0.3, 0.4) is 0 Å². The molecule has 170 valence electrons. The van der Waals surface area contributed by atoms with E-state index in [9.17, 15) is 4.21 Å². The fraction of sp³-hybridized carbons (Fsp3) is 0.316. The number of aromatic nitrogens is 5. The van der Waals surface area contributed by atoms with Gasteiger partial charge in [0.1, 0.15) is 24.0 Å². The van der Waals surface area contributed by atoms with Crippen molar-refractivity contribution in [1.82, 2.24) is 29.6 Å². The maximum absolute atomic E-state index is 10.9. The average molecular weight is 461 g/mol. The fourth-order valence-electron chi connectivity index (χ4n) is 2.76. The second kappa shape index (κ2) is 10.9. The van der Waals surface area contributed by atoms with Crippen molar-refractivity contribution in [3.8, 4) is 17.1 Å². The summed E-state index contributed by atoms with van der Waals surface area (Å²) >= 11 is -2.13. The van der Waals surface area contributed by atoms with Gasteiger partial charge in [0, 0.05) is 19.3 Å². The quantitative estimate of drug-likeness (QED) is 0.255. The van der Waals surface area contributed by atoms with Gasteiger partial charge < -0.3 is 20.5 Å². The Kier molecular flexibility index (Phi) is 7.94. The number of anilines is 3. The highest BCUT2D eigenvalue weighted by atomic mass is 32.2. The van der Waals surface area contributed by atoms with Gasteiger partial charge in [0.2, 0.25) is 17.2 Å². The number of nitrogens with zero attached hydrogens (tertiary/aromatic N) is 5. The number of hydrogen-bond acceptors (Lipinski definition) is 10. The van der Waals surface area contributed by atoms with Gasteiger partial charge in [-0.3, -0.25) is 9.54 Å². The van der Waals surface area contributed by atoms with Crippen LogP contribution in [0.25, 0.3) is 11.4 Å². The van der Waals surface area contributed by atoms with Crippen molar-refractivity contribution < 1.29 is 18.2 Å². The van der Waals surface area contributed by atoms with Crippen molar-refractivity contribution in [2.45, 2.75) is 20.4 Å². The molecule has 5 N–H and O–H groups in total. The molecule has 0 aliphatic carbocycles. The molecule has 0 saturated heterocycles. The molecule has 3 aromatic heterocycles. The second-order valence-corrected chi connectivity index (χ2v) is 7.42. The fourth-order valence-corrected chi connectivity index (χ4v) is 3.04. The summed E-state index contributed by atoms with van der Waals surface area (Å²) in [6.07, 6.45) is 3.20. The van der Waals surface area contributed by atoms with Crippen molar-refractivity contribution in [3.63, 3.8) is 0 Å². The number of methoxy groups -OCH3 is 1. The third-order valence-electron chi connectivity index (χ3n) is 4.26. The summed E-state index contributed by atoms with van der Waals surface area (Å²) in [7, 11) is 1.59. The highest BCUT2D eigenvalue weighted by Gasteiger charge is 2.15. The second-order valence-electron chi connectivity index (χ2n) is 6.64. The molecule has 0 aliphatic rings. The molecular formula is C19H24N8O4S. The van der Waals surface area contributed by atoms with Crippen LogP contribution < -0.4 is 20.5 Å². The molecule has 0 spiro atoms. The van der Waals surface area contributed by atoms with Gasteiger partial charge >= 0.3 is 0 Å². The molecule has 0 radical (unpaired) electrons. The normalized spacial score (nSPS) is 11.9. The molecular weight excluding hydrogens is 436 g/mol. The summed E-state index contributed by atoms with van der Waals surface area (Å²) in [5, 5.41) is 3.20. The van der Waals surface area contributed by atoms with Crippen LogP contribution in [0.1, 0.15) is 17.1 Å². The Balaban J connectivity index is 1.96. The zero-order chi connectivity index (χ0) is 23.1. The Bertz CT molecular complexity index is 1090. The van der Waals surface area contributed by atoms with Gasteiger partial charge in [-0.05, 0) is 31.5 Å². The molecule has 13 heteroatoms. The molecule has 0 aliphatic heterocycles. The summed E-state index contributed by atoms with van der Waals surface area (Å²) in [4.78, 5) is 21.4. The van der Waals surface area contributed by atoms with Crippen LogP contribution in [0, 0.1) is 13.8 Å². The van der Waals surface area contributed by atoms with Gasteiger partial charge in [-0.2, -0.15) is 9.97 Å². The van der Waals surface area contributed by atoms with E-state index in [-0.39, 0.29) is 12.5 Å². The van der Waals surface area contributed by atoms with Crippen molar-refractivity contribution in [1.29, 1.82) is 0 Å². The molecule has 3 heterocycles. The van der Waals surface area contributed by atoms with E-state index in [2.05, 4.69) is 35.0 Å². The van der Waals surface area contributed by atoms with E-state index in [4.69, 9.17) is 19.8 Å². The number of nitrogens with one attached hydrogen (secondary N) is 2. The van der Waals surface area contributed by atoms with Crippen LogP contribution in [-0.4, -0.2) is 54.0 Å². The summed E-state index contributed by atoms with van der Waals surface area (Å²) in [6.45, 7) is 4.49. The minimum absolute atomic E-state index is 0.0894. The molecule has 0 amide bonds. The molecule has 0 bridgehead atoms. The number of ether oxygens (including phenoxy) is 2. The molecule has 1 atom stereocenters. The lowest BCUT2D eigenvalue weighted by molar-refractivity contribution is 0.146. The van der Waals surface area contributed by atoms with E-state index < -0.39 is 11.3 Å². The van der Waals surface area contributed by atoms with Crippen LogP contribution in [0.5, 0.6) is 5.75 Å². The van der Waals surface area contributed by atoms with Crippen LogP contribution in [0.4, 0.5) is 17.5 Å². The monoisotopic (exact) mass is 460 g/mol. The summed E-state index contributed by atoms with van der Waals surface area (Å²) < 4.78 is 33.1. The number of nitrogen functional groups attached to an aromatic ring is 1. The molecule has 3 rings (SSSR count). The SMILES string of the molecule is COCCOc1cnc(Nc2cnc(C)c(CNS(=O)O)c2)c(-c2nc(C)nc(N)n2)c1. The first-order chi connectivity index (χ1) is 15.4. The Morgan fingerprint density at radius 1 is 1.12 bits per heavy atom. The molecule has 1 unspecified atom stereocenters. The first-order valence-electron chi connectivity index (χ1n) is 9.53. The zero-order valence-corrected chi connectivity index (χ0v) is 18.6. The van der Waals surface area contributed by atoms with Crippen molar-refractivity contribution in [2.75, 3.05) is 31.4 Å². The molecule has 0 saturated carbocycles. The predicted octanol–water partition coefficient (Wildman–Crippen LogP) is 1.52. The Labute approximate surface area is 187 Å². The van der Waals surface area contributed by atoms with Gasteiger partial charge in [0.05, 0.1) is 30.3 Å². The van der Waals surface area contributed by atoms with E-state index in [0.717, 1.165) is 11.3 Å². The van der Waals surface area contributed by atoms with E-state index in [1.165, 1.54) is 0 Å². The maximum atomic E-state index is 10.9. The first kappa shape index (κ1) is 23.4. The Morgan fingerprint density at radius 3 is 2.66 bits per heavy atom. The highest BCUT2D eigenvalue weighted by molar-refractivity contribution is 7.77. The number of rotatable bonds is 10. The van der Waals surface area contributed by atoms with Gasteiger partial charge in [-0.1, -0.05) is 0 Å². The summed E-state index contributed by atoms with van der Waals surface area (Å²) in [6, 6.07) is 3.56. The molecule has 0 aromatic carbocycles. The lowest BCUT2D eigenvalue weighted by atomic mass is 10.2. The van der Waals surface area contributed by atoms with Crippen molar-refractivity contribution >= 4 is 28.7 Å². The highest BCUT2D eigenvalue weighted by Crippen LogP contribution is 2.30. The Morgan fingerprint density at radius 2 is 1.94 bits per heavy atom. The van der Waals surface area contributed by atoms with Crippen LogP contribution in [0.15, 0.2) is 24.5 Å². The van der Waals surface area contributed by atoms with E-state index >= 15 is 0 Å². The average Bonchev–Trinajstić information content (AvgIpc) is 2.74. The largest absolute Gasteiger partial charge is 0.490 e. The van der Waals surface area contributed by atoms with Crippen LogP contribution in [0.2, 0.25) is 0 Å². The minimum Gasteiger partial charge on any atom is -0.490 e. The smallest absolute Gasteiger partial charge is 0.232 e. The van der Waals surface area contributed by atoms with E-state index in [1.807, 2.05) is 13.0 Å². The maximum Gasteiger partial charge on any atom is 0.232 e. The molecule has 0 fully saturated rings. The molecule has 32 heavy (non-hydrogen) atoms. The van der Waals surface area contributed by atoms with E-state index in [1.54, 1.807) is 32.5 Å². The third-order valence-corrected chi connectivity index (χ3v) is 4.66. The topological polar surface area (TPSA) is 170 Å². The van der Waals surface area contributed by atoms with Gasteiger partial charge in [0.15, 0.2) is 5.82 Å². The van der Waals surface area contributed by atoms with Crippen LogP contribution in [-0.2, 0) is 22.5 Å². The third kappa shape index (κ3) is 6.37. The first-order valence-corrected chi connectivity index (χ1v) is 10.6. The summed E-state index contributed by atoms with van der Waals surface area (Å²) in [5.41, 5.74) is 8.46. The molecule has 3 aromatic rings. The number of hydrogen-bond donors (Lipinski definition) is 4. The van der Waals surface area contributed by atoms with Crippen molar-refractivity contribution in [2.24, 2.45) is 0 Å². The lowest BCUT2D eigenvalue weighted by Crippen LogP contribution is -2.16. The predicted molar refractivity (Wildman–Crippen MR) is 119 cm³/mol. The number of nitrogens with two attached hydrogens (primary N) is 1. The summed E-state index contributed by atoms with van der Waals surface area (Å²) in [5.74, 6) is 1.85.